The minimum atomic E-state index is -5.95. The van der Waals surface area contributed by atoms with E-state index < -0.39 is 38.6 Å². The first-order valence-electron chi connectivity index (χ1n) is 7.38. The fourth-order valence-corrected chi connectivity index (χ4v) is 4.39. The SMILES string of the molecule is C[C@](Cl)(COc1ncccc1C(N)=O)N(C1(C#N)CC1)S(=O)(=O)C(F)(F)F. The predicted molar refractivity (Wildman–Crippen MR) is 86.9 cm³/mol. The lowest BCUT2D eigenvalue weighted by molar-refractivity contribution is -0.0527. The molecular formula is C14H14ClF3N4O4S. The summed E-state index contributed by atoms with van der Waals surface area (Å²) in [7, 11) is -5.95. The number of nitriles is 1. The molecule has 0 aliphatic heterocycles. The van der Waals surface area contributed by atoms with Crippen LogP contribution in [0.3, 0.4) is 0 Å². The number of halogens is 4. The molecule has 1 atom stereocenters. The molecule has 13 heteroatoms. The van der Waals surface area contributed by atoms with Crippen molar-refractivity contribution < 1.29 is 31.1 Å². The summed E-state index contributed by atoms with van der Waals surface area (Å²) in [6.07, 6.45) is 1.00. The van der Waals surface area contributed by atoms with E-state index in [1.165, 1.54) is 18.3 Å². The second-order valence-corrected chi connectivity index (χ2v) is 8.60. The zero-order valence-corrected chi connectivity index (χ0v) is 15.4. The third-order valence-corrected chi connectivity index (χ3v) is 5.98. The summed E-state index contributed by atoms with van der Waals surface area (Å²) in [5, 5.41) is 9.23. The number of hydrogen-bond donors (Lipinski definition) is 1. The van der Waals surface area contributed by atoms with Crippen LogP contribution >= 0.6 is 11.6 Å². The maximum atomic E-state index is 13.1. The second-order valence-electron chi connectivity index (χ2n) is 6.01. The van der Waals surface area contributed by atoms with Crippen molar-refractivity contribution in [1.29, 1.82) is 5.26 Å². The molecule has 1 aromatic rings. The minimum absolute atomic E-state index is 0.0819. The number of pyridine rings is 1. The van der Waals surface area contributed by atoms with Crippen molar-refractivity contribution in [2.75, 3.05) is 6.61 Å². The Balaban J connectivity index is 2.39. The van der Waals surface area contributed by atoms with Crippen LogP contribution in [0.2, 0.25) is 0 Å². The molecule has 148 valence electrons. The van der Waals surface area contributed by atoms with E-state index >= 15 is 0 Å². The minimum Gasteiger partial charge on any atom is -0.474 e. The Morgan fingerprint density at radius 2 is 2.11 bits per heavy atom. The van der Waals surface area contributed by atoms with Crippen molar-refractivity contribution in [1.82, 2.24) is 9.29 Å². The van der Waals surface area contributed by atoms with E-state index in [-0.39, 0.29) is 28.6 Å². The standard InChI is InChI=1S/C14H14ClF3N4O4S/c1-12(15,8-26-11-9(10(20)23)3-2-6-21-11)22(13(7-19)4-5-13)27(24,25)14(16,17)18/h2-3,6H,4-5,8H2,1H3,(H2,20,23)/t12-/m1/s1. The van der Waals surface area contributed by atoms with Crippen LogP contribution in [0.15, 0.2) is 18.3 Å². The molecule has 8 nitrogen and oxygen atoms in total. The van der Waals surface area contributed by atoms with Gasteiger partial charge in [0.2, 0.25) is 5.88 Å². The number of aromatic nitrogens is 1. The van der Waals surface area contributed by atoms with Gasteiger partial charge < -0.3 is 10.5 Å². The summed E-state index contributed by atoms with van der Waals surface area (Å²) >= 11 is 6.10. The van der Waals surface area contributed by atoms with Crippen molar-refractivity contribution in [2.24, 2.45) is 5.73 Å². The molecule has 0 saturated heterocycles. The summed E-state index contributed by atoms with van der Waals surface area (Å²) in [5.74, 6) is -1.24. The molecule has 1 saturated carbocycles. The molecule has 1 heterocycles. The summed E-state index contributed by atoms with van der Waals surface area (Å²) in [5.41, 5.74) is -2.61. The second kappa shape index (κ2) is 6.81. The number of amides is 1. The van der Waals surface area contributed by atoms with Gasteiger partial charge in [-0.3, -0.25) is 4.79 Å². The highest BCUT2D eigenvalue weighted by Gasteiger charge is 2.66. The summed E-state index contributed by atoms with van der Waals surface area (Å²) in [6.45, 7) is 0.132. The van der Waals surface area contributed by atoms with Gasteiger partial charge in [-0.1, -0.05) is 11.6 Å². The zero-order valence-electron chi connectivity index (χ0n) is 13.8. The number of sulfonamides is 1. The fraction of sp³-hybridized carbons (Fsp3) is 0.500. The van der Waals surface area contributed by atoms with Crippen LogP contribution in [0.4, 0.5) is 13.2 Å². The van der Waals surface area contributed by atoms with Crippen molar-refractivity contribution >= 4 is 27.5 Å². The molecule has 1 aliphatic carbocycles. The molecule has 1 aliphatic rings. The normalized spacial score (nSPS) is 18.4. The van der Waals surface area contributed by atoms with E-state index in [2.05, 4.69) is 4.98 Å². The lowest BCUT2D eigenvalue weighted by atomic mass is 10.2. The Morgan fingerprint density at radius 1 is 1.52 bits per heavy atom. The van der Waals surface area contributed by atoms with Crippen molar-refractivity contribution in [2.45, 2.75) is 35.8 Å². The van der Waals surface area contributed by atoms with Crippen LogP contribution < -0.4 is 10.5 Å². The van der Waals surface area contributed by atoms with E-state index in [1.54, 1.807) is 6.07 Å². The summed E-state index contributed by atoms with van der Waals surface area (Å²) in [4.78, 5) is 12.8. The number of nitrogens with two attached hydrogens (primary N) is 1. The van der Waals surface area contributed by atoms with Gasteiger partial charge in [0.1, 0.15) is 22.7 Å². The smallest absolute Gasteiger partial charge is 0.474 e. The number of nitrogens with zero attached hydrogens (tertiary/aromatic N) is 3. The lowest BCUT2D eigenvalue weighted by Crippen LogP contribution is -2.58. The number of hydrogen-bond acceptors (Lipinski definition) is 6. The van der Waals surface area contributed by atoms with Crippen molar-refractivity contribution in [3.8, 4) is 11.9 Å². The monoisotopic (exact) mass is 426 g/mol. The lowest BCUT2D eigenvalue weighted by Gasteiger charge is -2.38. The van der Waals surface area contributed by atoms with Gasteiger partial charge in [-0.05, 0) is 31.9 Å². The van der Waals surface area contributed by atoms with E-state index in [4.69, 9.17) is 22.1 Å². The molecule has 1 amide bonds. The van der Waals surface area contributed by atoms with Crippen LogP contribution in [0.1, 0.15) is 30.1 Å². The molecule has 2 rings (SSSR count). The fourth-order valence-electron chi connectivity index (χ4n) is 2.46. The van der Waals surface area contributed by atoms with Crippen molar-refractivity contribution in [3.05, 3.63) is 23.9 Å². The van der Waals surface area contributed by atoms with Crippen LogP contribution in [0.5, 0.6) is 5.88 Å². The molecular weight excluding hydrogens is 413 g/mol. The number of carbonyl (C=O) groups excluding carboxylic acids is 1. The van der Waals surface area contributed by atoms with Crippen molar-refractivity contribution in [3.63, 3.8) is 0 Å². The van der Waals surface area contributed by atoms with Gasteiger partial charge in [-0.25, -0.2) is 13.4 Å². The van der Waals surface area contributed by atoms with Gasteiger partial charge in [0, 0.05) is 6.20 Å². The number of carbonyl (C=O) groups is 1. The van der Waals surface area contributed by atoms with Crippen LogP contribution in [-0.2, 0) is 10.0 Å². The molecule has 0 spiro atoms. The highest BCUT2D eigenvalue weighted by molar-refractivity contribution is 7.90. The highest BCUT2D eigenvalue weighted by Crippen LogP contribution is 2.50. The third kappa shape index (κ3) is 3.95. The third-order valence-electron chi connectivity index (χ3n) is 3.79. The van der Waals surface area contributed by atoms with Crippen LogP contribution in [0.25, 0.3) is 0 Å². The zero-order chi connectivity index (χ0) is 20.7. The molecule has 1 aromatic heterocycles. The van der Waals surface area contributed by atoms with Gasteiger partial charge in [-0.2, -0.15) is 22.7 Å². The Morgan fingerprint density at radius 3 is 2.56 bits per heavy atom. The van der Waals surface area contributed by atoms with E-state index in [0.29, 0.717) is 0 Å². The molecule has 0 unspecified atom stereocenters. The maximum Gasteiger partial charge on any atom is 0.511 e. The van der Waals surface area contributed by atoms with Crippen LogP contribution in [-0.4, -0.2) is 46.3 Å². The summed E-state index contributed by atoms with van der Waals surface area (Å²) in [6, 6.07) is 4.22. The average molecular weight is 427 g/mol. The number of rotatable bonds is 7. The summed E-state index contributed by atoms with van der Waals surface area (Å²) < 4.78 is 68.6. The molecule has 1 fully saturated rings. The topological polar surface area (TPSA) is 126 Å². The first kappa shape index (κ1) is 21.2. The predicted octanol–water partition coefficient (Wildman–Crippen LogP) is 1.72. The molecule has 2 N–H and O–H groups in total. The number of ether oxygens (including phenoxy) is 1. The molecule has 0 radical (unpaired) electrons. The molecule has 0 bridgehead atoms. The van der Waals surface area contributed by atoms with Gasteiger partial charge in [-0.15, -0.1) is 0 Å². The first-order valence-corrected chi connectivity index (χ1v) is 9.20. The van der Waals surface area contributed by atoms with Gasteiger partial charge in [0.05, 0.1) is 6.07 Å². The van der Waals surface area contributed by atoms with Gasteiger partial charge >= 0.3 is 15.5 Å². The molecule has 27 heavy (non-hydrogen) atoms. The Kier molecular flexibility index (Phi) is 5.35. The van der Waals surface area contributed by atoms with E-state index in [9.17, 15) is 31.6 Å². The van der Waals surface area contributed by atoms with E-state index in [1.807, 2.05) is 0 Å². The highest BCUT2D eigenvalue weighted by atomic mass is 35.5. The van der Waals surface area contributed by atoms with E-state index in [0.717, 1.165) is 6.92 Å². The van der Waals surface area contributed by atoms with Crippen LogP contribution in [0, 0.1) is 11.3 Å². The largest absolute Gasteiger partial charge is 0.511 e. The quantitative estimate of drug-likeness (QED) is 0.522. The Hall–Kier alpha value is -2.10. The van der Waals surface area contributed by atoms with Gasteiger partial charge in [0.25, 0.3) is 5.91 Å². The maximum absolute atomic E-state index is 13.1. The number of alkyl halides is 4. The molecule has 0 aromatic carbocycles. The Labute approximate surface area is 157 Å². The average Bonchev–Trinajstić information content (AvgIpc) is 3.32. The van der Waals surface area contributed by atoms with Gasteiger partial charge in [0.15, 0.2) is 0 Å². The number of primary amides is 1. The Bertz CT molecular complexity index is 894. The first-order chi connectivity index (χ1) is 12.3.